The molecule has 0 bridgehead atoms. The first-order valence-electron chi connectivity index (χ1n) is 5.54. The topological polar surface area (TPSA) is 17.1 Å². The van der Waals surface area contributed by atoms with Gasteiger partial charge >= 0.3 is 0 Å². The second kappa shape index (κ2) is 6.94. The summed E-state index contributed by atoms with van der Waals surface area (Å²) in [4.78, 5) is 12.7. The second-order valence-electron chi connectivity index (χ2n) is 3.76. The molecular formula is C15H10BrClOS. The van der Waals surface area contributed by atoms with Crippen LogP contribution in [0.15, 0.2) is 64.0 Å². The van der Waals surface area contributed by atoms with Gasteiger partial charge in [-0.15, -0.1) is 0 Å². The Morgan fingerprint density at radius 1 is 1.16 bits per heavy atom. The third-order valence-electron chi connectivity index (χ3n) is 2.29. The van der Waals surface area contributed by atoms with Crippen molar-refractivity contribution in [1.82, 2.24) is 0 Å². The van der Waals surface area contributed by atoms with Crippen LogP contribution in [0.3, 0.4) is 0 Å². The standard InChI is InChI=1S/C15H10BrClOS/c16-12-3-1-2-11(10-12)4-9-15(18)19-14-7-5-13(17)6-8-14/h1-10H/b9-4+. The number of carbonyl (C=O) groups excluding carboxylic acids is 1. The predicted octanol–water partition coefficient (Wildman–Crippen LogP) is 5.43. The van der Waals surface area contributed by atoms with Crippen molar-refractivity contribution in [3.05, 3.63) is 69.7 Å². The van der Waals surface area contributed by atoms with E-state index in [4.69, 9.17) is 11.6 Å². The first-order valence-corrected chi connectivity index (χ1v) is 7.53. The maximum absolute atomic E-state index is 11.8. The molecule has 0 unspecified atom stereocenters. The lowest BCUT2D eigenvalue weighted by Gasteiger charge is -1.97. The van der Waals surface area contributed by atoms with Crippen molar-refractivity contribution in [2.24, 2.45) is 0 Å². The fraction of sp³-hybridized carbons (Fsp3) is 0. The molecule has 0 amide bonds. The highest BCUT2D eigenvalue weighted by atomic mass is 79.9. The maximum atomic E-state index is 11.8. The number of benzene rings is 2. The van der Waals surface area contributed by atoms with Gasteiger partial charge in [-0.1, -0.05) is 45.7 Å². The summed E-state index contributed by atoms with van der Waals surface area (Å²) >= 11 is 10.4. The summed E-state index contributed by atoms with van der Waals surface area (Å²) in [5, 5.41) is 0.656. The number of rotatable bonds is 3. The molecule has 2 aromatic rings. The van der Waals surface area contributed by atoms with Crippen LogP contribution < -0.4 is 0 Å². The normalized spacial score (nSPS) is 10.8. The minimum absolute atomic E-state index is 0.0118. The third-order valence-corrected chi connectivity index (χ3v) is 3.88. The van der Waals surface area contributed by atoms with E-state index in [2.05, 4.69) is 15.9 Å². The molecule has 0 radical (unpaired) electrons. The van der Waals surface area contributed by atoms with Gasteiger partial charge in [-0.3, -0.25) is 4.79 Å². The van der Waals surface area contributed by atoms with Gasteiger partial charge in [0.25, 0.3) is 0 Å². The molecule has 0 N–H and O–H groups in total. The smallest absolute Gasteiger partial charge is 0.216 e. The first kappa shape index (κ1) is 14.4. The van der Waals surface area contributed by atoms with E-state index in [1.807, 2.05) is 36.4 Å². The zero-order valence-electron chi connectivity index (χ0n) is 9.85. The van der Waals surface area contributed by atoms with Crippen molar-refractivity contribution in [2.75, 3.05) is 0 Å². The van der Waals surface area contributed by atoms with Crippen molar-refractivity contribution in [1.29, 1.82) is 0 Å². The van der Waals surface area contributed by atoms with E-state index in [0.717, 1.165) is 14.9 Å². The fourth-order valence-electron chi connectivity index (χ4n) is 1.43. The van der Waals surface area contributed by atoms with E-state index in [1.54, 1.807) is 24.3 Å². The predicted molar refractivity (Wildman–Crippen MR) is 85.5 cm³/mol. The lowest BCUT2D eigenvalue weighted by atomic mass is 10.2. The van der Waals surface area contributed by atoms with Crippen LogP contribution in [0.4, 0.5) is 0 Å². The van der Waals surface area contributed by atoms with E-state index in [0.29, 0.717) is 5.02 Å². The van der Waals surface area contributed by atoms with Gasteiger partial charge in [-0.2, -0.15) is 0 Å². The zero-order chi connectivity index (χ0) is 13.7. The molecule has 0 aromatic heterocycles. The Kier molecular flexibility index (Phi) is 5.25. The summed E-state index contributed by atoms with van der Waals surface area (Å²) in [5.74, 6) is 0. The van der Waals surface area contributed by atoms with Gasteiger partial charge in [-0.05, 0) is 59.8 Å². The largest absolute Gasteiger partial charge is 0.282 e. The summed E-state index contributed by atoms with van der Waals surface area (Å²) in [5.41, 5.74) is 0.986. The zero-order valence-corrected chi connectivity index (χ0v) is 13.0. The number of hydrogen-bond acceptors (Lipinski definition) is 2. The highest BCUT2D eigenvalue weighted by Crippen LogP contribution is 2.22. The van der Waals surface area contributed by atoms with Gasteiger partial charge in [0.05, 0.1) is 0 Å². The van der Waals surface area contributed by atoms with Crippen molar-refractivity contribution in [3.8, 4) is 0 Å². The summed E-state index contributed by atoms with van der Waals surface area (Å²) < 4.78 is 0.993. The molecule has 2 aromatic carbocycles. The third kappa shape index (κ3) is 4.86. The van der Waals surface area contributed by atoms with Crippen LogP contribution in [0.25, 0.3) is 6.08 Å². The average Bonchev–Trinajstić information content (AvgIpc) is 2.39. The highest BCUT2D eigenvalue weighted by Gasteiger charge is 2.00. The van der Waals surface area contributed by atoms with Crippen molar-refractivity contribution in [2.45, 2.75) is 4.90 Å². The molecule has 4 heteroatoms. The lowest BCUT2D eigenvalue weighted by molar-refractivity contribution is -0.106. The molecule has 0 saturated heterocycles. The van der Waals surface area contributed by atoms with Gasteiger partial charge in [-0.25, -0.2) is 0 Å². The minimum Gasteiger partial charge on any atom is -0.282 e. The number of thioether (sulfide) groups is 1. The highest BCUT2D eigenvalue weighted by molar-refractivity contribution is 9.10. The van der Waals surface area contributed by atoms with Crippen LogP contribution in [0.1, 0.15) is 5.56 Å². The summed E-state index contributed by atoms with van der Waals surface area (Å²) in [6.07, 6.45) is 3.37. The second-order valence-corrected chi connectivity index (χ2v) is 6.19. The molecule has 1 nitrogen and oxygen atoms in total. The summed E-state index contributed by atoms with van der Waals surface area (Å²) in [6, 6.07) is 15.0. The number of halogens is 2. The fourth-order valence-corrected chi connectivity index (χ4v) is 2.61. The maximum Gasteiger partial charge on any atom is 0.216 e. The summed E-state index contributed by atoms with van der Waals surface area (Å²) in [7, 11) is 0. The molecular weight excluding hydrogens is 344 g/mol. The molecule has 0 saturated carbocycles. The molecule has 0 fully saturated rings. The van der Waals surface area contributed by atoms with Crippen LogP contribution in [-0.2, 0) is 4.79 Å². The Hall–Kier alpha value is -1.03. The quantitative estimate of drug-likeness (QED) is 0.540. The Morgan fingerprint density at radius 3 is 2.58 bits per heavy atom. The molecule has 0 spiro atoms. The van der Waals surface area contributed by atoms with E-state index in [-0.39, 0.29) is 5.12 Å². The van der Waals surface area contributed by atoms with Crippen LogP contribution in [0.5, 0.6) is 0 Å². The van der Waals surface area contributed by atoms with Gasteiger partial charge in [0, 0.05) is 14.4 Å². The van der Waals surface area contributed by atoms with Crippen LogP contribution in [0.2, 0.25) is 5.02 Å². The number of hydrogen-bond donors (Lipinski definition) is 0. The van der Waals surface area contributed by atoms with E-state index < -0.39 is 0 Å². The molecule has 96 valence electrons. The minimum atomic E-state index is -0.0118. The Bertz CT molecular complexity index is 608. The van der Waals surface area contributed by atoms with Gasteiger partial charge in [0.2, 0.25) is 5.12 Å². The van der Waals surface area contributed by atoms with Crippen molar-refractivity contribution >= 4 is 50.5 Å². The Balaban J connectivity index is 1.99. The Morgan fingerprint density at radius 2 is 1.89 bits per heavy atom. The summed E-state index contributed by atoms with van der Waals surface area (Å²) in [6.45, 7) is 0. The number of carbonyl (C=O) groups is 1. The molecule has 19 heavy (non-hydrogen) atoms. The van der Waals surface area contributed by atoms with Crippen LogP contribution in [-0.4, -0.2) is 5.12 Å². The molecule has 0 atom stereocenters. The average molecular weight is 354 g/mol. The molecule has 0 aliphatic rings. The van der Waals surface area contributed by atoms with Crippen LogP contribution >= 0.6 is 39.3 Å². The van der Waals surface area contributed by atoms with E-state index >= 15 is 0 Å². The van der Waals surface area contributed by atoms with Gasteiger partial charge in [0.1, 0.15) is 0 Å². The van der Waals surface area contributed by atoms with Crippen molar-refractivity contribution < 1.29 is 4.79 Å². The van der Waals surface area contributed by atoms with Crippen molar-refractivity contribution in [3.63, 3.8) is 0 Å². The molecule has 2 rings (SSSR count). The SMILES string of the molecule is O=C(/C=C/c1cccc(Br)c1)Sc1ccc(Cl)cc1. The van der Waals surface area contributed by atoms with E-state index in [9.17, 15) is 4.79 Å². The first-order chi connectivity index (χ1) is 9.13. The molecule has 0 aliphatic carbocycles. The Labute approximate surface area is 129 Å². The monoisotopic (exact) mass is 352 g/mol. The molecule has 0 aliphatic heterocycles. The molecule has 0 heterocycles. The van der Waals surface area contributed by atoms with Crippen LogP contribution in [0, 0.1) is 0 Å². The van der Waals surface area contributed by atoms with Gasteiger partial charge < -0.3 is 0 Å². The van der Waals surface area contributed by atoms with E-state index in [1.165, 1.54) is 11.8 Å². The van der Waals surface area contributed by atoms with Gasteiger partial charge in [0.15, 0.2) is 0 Å². The lowest BCUT2D eigenvalue weighted by Crippen LogP contribution is -1.84.